The molecule has 4 aromatic heterocycles. The Labute approximate surface area is 357 Å². The maximum atomic E-state index is 11.9. The van der Waals surface area contributed by atoms with Crippen LogP contribution in [0.25, 0.3) is 100 Å². The zero-order chi connectivity index (χ0) is 41.6. The van der Waals surface area contributed by atoms with Gasteiger partial charge in [-0.1, -0.05) is 133 Å². The minimum Gasteiger partial charge on any atom is -0.310 e. The van der Waals surface area contributed by atoms with Gasteiger partial charge < -0.3 is 18.3 Å². The molecule has 0 N–H and O–H groups in total. The van der Waals surface area contributed by atoms with Crippen LogP contribution in [-0.4, -0.2) is 18.3 Å². The Kier molecular flexibility index (Phi) is 7.82. The van der Waals surface area contributed by atoms with Crippen molar-refractivity contribution in [2.24, 2.45) is 0 Å². The molecule has 6 heteroatoms. The second-order valence-electron chi connectivity index (χ2n) is 16.1. The molecule has 4 heterocycles. The van der Waals surface area contributed by atoms with Gasteiger partial charge in [0.15, 0.2) is 0 Å². The predicted molar refractivity (Wildman–Crippen MR) is 255 cm³/mol. The van der Waals surface area contributed by atoms with Crippen molar-refractivity contribution in [1.29, 1.82) is 10.5 Å². The van der Waals surface area contributed by atoms with Gasteiger partial charge in [-0.3, -0.25) is 0 Å². The van der Waals surface area contributed by atoms with E-state index >= 15 is 0 Å². The number of para-hydroxylation sites is 6. The third kappa shape index (κ3) is 4.72. The summed E-state index contributed by atoms with van der Waals surface area (Å²) in [5.41, 5.74) is 13.9. The fraction of sp³-hybridized carbons (Fsp3) is 0.0714. The van der Waals surface area contributed by atoms with E-state index < -0.39 is 0 Å². The van der Waals surface area contributed by atoms with E-state index in [0.717, 1.165) is 101 Å². The molecule has 12 rings (SSSR count). The summed E-state index contributed by atoms with van der Waals surface area (Å²) in [6, 6.07) is 56.5. The number of nitrogens with zero attached hydrogens (tertiary/aromatic N) is 6. The molecule has 1 aliphatic carbocycles. The summed E-state index contributed by atoms with van der Waals surface area (Å²) >= 11 is 0. The third-order valence-corrected chi connectivity index (χ3v) is 13.0. The van der Waals surface area contributed by atoms with Crippen molar-refractivity contribution >= 4 is 77.6 Å². The van der Waals surface area contributed by atoms with E-state index in [0.29, 0.717) is 22.5 Å². The normalized spacial score (nSPS) is 12.7. The van der Waals surface area contributed by atoms with Gasteiger partial charge in [0.05, 0.1) is 67.0 Å². The smallest absolute Gasteiger partial charge is 0.103 e. The lowest BCUT2D eigenvalue weighted by atomic mass is 9.97. The standard InChI is InChI=1S/C56H38N6/c1-3-18-36-35(2)59(46-26-11-4-19-37(36)46)53-44(33-57)45(34-58)54(60-47-27-12-5-20-38(47)39-21-6-13-28-48(39)60)56(62-51-31-16-9-24-42(51)43-25-10-17-32-52(43)62)55(53)61-49-29-14-7-22-40(49)41-23-8-15-30-50(41)61/h3-14,16-29,31-32H,15,30H2,1-2H3/b18-3-. The first-order chi connectivity index (χ1) is 30.6. The van der Waals surface area contributed by atoms with E-state index in [4.69, 9.17) is 0 Å². The SMILES string of the molecule is C/C=C\c1c(C)n(-c2c(C#N)c(C#N)c(-n3c4ccccc4c4ccccc43)c(-n3c4ccccc4c4ccccc43)c2-n2c3c(c4ccccc42)C=CCC3)c2ccccc12. The van der Waals surface area contributed by atoms with Gasteiger partial charge in [-0.15, -0.1) is 0 Å². The number of aromatic nitrogens is 4. The molecule has 292 valence electrons. The second kappa shape index (κ2) is 13.6. The summed E-state index contributed by atoms with van der Waals surface area (Å²) in [5.74, 6) is 0. The number of nitriles is 2. The van der Waals surface area contributed by atoms with Crippen LogP contribution in [0.2, 0.25) is 0 Å². The zero-order valence-electron chi connectivity index (χ0n) is 34.3. The van der Waals surface area contributed by atoms with Crippen molar-refractivity contribution in [1.82, 2.24) is 18.3 Å². The molecular formula is C56H38N6. The fourth-order valence-corrected chi connectivity index (χ4v) is 10.6. The highest BCUT2D eigenvalue weighted by Gasteiger charge is 2.35. The van der Waals surface area contributed by atoms with Crippen LogP contribution in [0, 0.1) is 29.6 Å². The van der Waals surface area contributed by atoms with Gasteiger partial charge in [-0.05, 0) is 63.1 Å². The Balaban J connectivity index is 1.45. The Morgan fingerprint density at radius 2 is 0.855 bits per heavy atom. The van der Waals surface area contributed by atoms with E-state index in [1.54, 1.807) is 0 Å². The van der Waals surface area contributed by atoms with Crippen molar-refractivity contribution in [2.45, 2.75) is 26.7 Å². The highest BCUT2D eigenvalue weighted by atomic mass is 15.1. The lowest BCUT2D eigenvalue weighted by molar-refractivity contribution is 0.870. The molecule has 62 heavy (non-hydrogen) atoms. The molecule has 0 radical (unpaired) electrons. The maximum Gasteiger partial charge on any atom is 0.103 e. The summed E-state index contributed by atoms with van der Waals surface area (Å²) in [6.45, 7) is 4.18. The molecule has 7 aromatic carbocycles. The number of hydrogen-bond acceptors (Lipinski definition) is 2. The molecule has 1 aliphatic rings. The summed E-state index contributed by atoms with van der Waals surface area (Å²) in [6.07, 6.45) is 10.4. The molecule has 0 saturated carbocycles. The third-order valence-electron chi connectivity index (χ3n) is 13.0. The van der Waals surface area contributed by atoms with Crippen LogP contribution in [0.1, 0.15) is 47.0 Å². The topological polar surface area (TPSA) is 67.3 Å². The molecule has 0 aliphatic heterocycles. The van der Waals surface area contributed by atoms with Crippen molar-refractivity contribution in [3.63, 3.8) is 0 Å². The van der Waals surface area contributed by atoms with Crippen molar-refractivity contribution in [3.8, 4) is 34.9 Å². The number of rotatable bonds is 5. The molecule has 0 spiro atoms. The number of fused-ring (bicyclic) bond motifs is 10. The molecule has 0 amide bonds. The molecule has 0 unspecified atom stereocenters. The van der Waals surface area contributed by atoms with E-state index in [9.17, 15) is 10.5 Å². The highest BCUT2D eigenvalue weighted by molar-refractivity contribution is 6.13. The van der Waals surface area contributed by atoms with Gasteiger partial charge in [0, 0.05) is 54.8 Å². The first-order valence-electron chi connectivity index (χ1n) is 21.2. The predicted octanol–water partition coefficient (Wildman–Crippen LogP) is 13.8. The molecular weight excluding hydrogens is 757 g/mol. The number of allylic oxidation sites excluding steroid dienone is 2. The largest absolute Gasteiger partial charge is 0.310 e. The van der Waals surface area contributed by atoms with Gasteiger partial charge in [0.2, 0.25) is 0 Å². The van der Waals surface area contributed by atoms with E-state index in [2.05, 4.69) is 207 Å². The lowest BCUT2D eigenvalue weighted by Gasteiger charge is -2.28. The summed E-state index contributed by atoms with van der Waals surface area (Å²) in [7, 11) is 0. The van der Waals surface area contributed by atoms with E-state index in [1.807, 2.05) is 6.92 Å². The Morgan fingerprint density at radius 3 is 1.34 bits per heavy atom. The summed E-state index contributed by atoms with van der Waals surface area (Å²) < 4.78 is 9.32. The minimum absolute atomic E-state index is 0.310. The van der Waals surface area contributed by atoms with Crippen LogP contribution in [0.4, 0.5) is 0 Å². The zero-order valence-corrected chi connectivity index (χ0v) is 34.3. The molecule has 0 atom stereocenters. The van der Waals surface area contributed by atoms with Crippen LogP contribution in [0.15, 0.2) is 158 Å². The van der Waals surface area contributed by atoms with E-state index in [1.165, 1.54) is 11.3 Å². The quantitative estimate of drug-likeness (QED) is 0.174. The van der Waals surface area contributed by atoms with E-state index in [-0.39, 0.29) is 0 Å². The maximum absolute atomic E-state index is 11.9. The average molecular weight is 795 g/mol. The first kappa shape index (κ1) is 35.6. The fourth-order valence-electron chi connectivity index (χ4n) is 10.6. The highest BCUT2D eigenvalue weighted by Crippen LogP contribution is 2.49. The van der Waals surface area contributed by atoms with Gasteiger partial charge in [-0.25, -0.2) is 0 Å². The molecule has 11 aromatic rings. The van der Waals surface area contributed by atoms with Crippen molar-refractivity contribution in [3.05, 3.63) is 191 Å². The van der Waals surface area contributed by atoms with Gasteiger partial charge in [0.1, 0.15) is 12.1 Å². The van der Waals surface area contributed by atoms with Crippen LogP contribution < -0.4 is 0 Å². The van der Waals surface area contributed by atoms with Crippen LogP contribution in [0.3, 0.4) is 0 Å². The van der Waals surface area contributed by atoms with Gasteiger partial charge >= 0.3 is 0 Å². The second-order valence-corrected chi connectivity index (χ2v) is 16.1. The molecule has 0 saturated heterocycles. The Morgan fingerprint density at radius 1 is 0.468 bits per heavy atom. The Bertz CT molecular complexity index is 3750. The van der Waals surface area contributed by atoms with Crippen LogP contribution >= 0.6 is 0 Å². The van der Waals surface area contributed by atoms with Crippen molar-refractivity contribution < 1.29 is 0 Å². The molecule has 6 nitrogen and oxygen atoms in total. The molecule has 0 fully saturated rings. The first-order valence-corrected chi connectivity index (χ1v) is 21.2. The van der Waals surface area contributed by atoms with Crippen LogP contribution in [-0.2, 0) is 6.42 Å². The number of hydrogen-bond donors (Lipinski definition) is 0. The monoisotopic (exact) mass is 794 g/mol. The van der Waals surface area contributed by atoms with Gasteiger partial charge in [0.25, 0.3) is 0 Å². The number of benzene rings is 7. The molecule has 0 bridgehead atoms. The van der Waals surface area contributed by atoms with Crippen molar-refractivity contribution in [2.75, 3.05) is 0 Å². The summed E-state index contributed by atoms with van der Waals surface area (Å²) in [4.78, 5) is 0. The Hall–Kier alpha value is -8.32. The minimum atomic E-state index is 0.310. The average Bonchev–Trinajstić information content (AvgIpc) is 4.03. The lowest BCUT2D eigenvalue weighted by Crippen LogP contribution is -2.18. The van der Waals surface area contributed by atoms with Gasteiger partial charge in [-0.2, -0.15) is 10.5 Å². The van der Waals surface area contributed by atoms with Crippen LogP contribution in [0.5, 0.6) is 0 Å². The summed E-state index contributed by atoms with van der Waals surface area (Å²) in [5, 5.41) is 30.3.